The summed E-state index contributed by atoms with van der Waals surface area (Å²) in [4.78, 5) is 1.10. The molecule has 0 aliphatic heterocycles. The molecule has 2 N–H and O–H groups in total. The molecule has 0 heterocycles. The molecule has 3 nitrogen and oxygen atoms in total. The Kier molecular flexibility index (Phi) is 4.63. The van der Waals surface area contributed by atoms with Gasteiger partial charge >= 0.3 is 0 Å². The van der Waals surface area contributed by atoms with Crippen LogP contribution >= 0.6 is 11.8 Å². The van der Waals surface area contributed by atoms with Crippen molar-refractivity contribution >= 4 is 11.8 Å². The van der Waals surface area contributed by atoms with Gasteiger partial charge in [-0.3, -0.25) is 0 Å². The lowest BCUT2D eigenvalue weighted by Crippen LogP contribution is -2.17. The minimum absolute atomic E-state index is 0.0640. The molecule has 0 fully saturated rings. The van der Waals surface area contributed by atoms with E-state index in [0.29, 0.717) is 5.56 Å². The van der Waals surface area contributed by atoms with Crippen LogP contribution in [0.15, 0.2) is 29.2 Å². The van der Waals surface area contributed by atoms with Gasteiger partial charge in [0.2, 0.25) is 0 Å². The van der Waals surface area contributed by atoms with E-state index in [1.807, 2.05) is 24.5 Å². The summed E-state index contributed by atoms with van der Waals surface area (Å²) >= 11 is 1.61. The highest BCUT2D eigenvalue weighted by Gasteiger charge is 2.17. The summed E-state index contributed by atoms with van der Waals surface area (Å²) in [5.41, 5.74) is 0.635. The number of aliphatic hydroxyl groups is 2. The molecule has 0 amide bonds. The van der Waals surface area contributed by atoms with Crippen molar-refractivity contribution in [2.75, 3.05) is 6.26 Å². The zero-order valence-corrected chi connectivity index (χ0v) is 9.24. The maximum Gasteiger partial charge on any atom is 0.106 e. The van der Waals surface area contributed by atoms with Crippen LogP contribution in [0, 0.1) is 11.3 Å². The predicted octanol–water partition coefficient (Wildman–Crippen LogP) is 1.72. The Balaban J connectivity index is 2.74. The van der Waals surface area contributed by atoms with Gasteiger partial charge in [0.1, 0.15) is 6.10 Å². The highest BCUT2D eigenvalue weighted by molar-refractivity contribution is 7.98. The molecule has 0 radical (unpaired) electrons. The first-order chi connectivity index (χ1) is 7.19. The van der Waals surface area contributed by atoms with E-state index in [-0.39, 0.29) is 6.42 Å². The Morgan fingerprint density at radius 2 is 1.93 bits per heavy atom. The molecular formula is C11H13NO2S. The summed E-state index contributed by atoms with van der Waals surface area (Å²) in [6.45, 7) is 0. The zero-order valence-electron chi connectivity index (χ0n) is 8.42. The normalized spacial score (nSPS) is 14.3. The molecular weight excluding hydrogens is 210 g/mol. The third-order valence-corrected chi connectivity index (χ3v) is 2.87. The minimum atomic E-state index is -1.02. The smallest absolute Gasteiger partial charge is 0.106 e. The van der Waals surface area contributed by atoms with Gasteiger partial charge < -0.3 is 10.2 Å². The Labute approximate surface area is 93.4 Å². The maximum atomic E-state index is 9.68. The van der Waals surface area contributed by atoms with Crippen LogP contribution < -0.4 is 0 Å². The van der Waals surface area contributed by atoms with Gasteiger partial charge in [0.15, 0.2) is 0 Å². The molecule has 1 aromatic rings. The third kappa shape index (κ3) is 3.24. The number of aliphatic hydroxyl groups excluding tert-OH is 2. The SMILES string of the molecule is CSc1ccc(C(O)C(O)CC#N)cc1. The number of benzene rings is 1. The van der Waals surface area contributed by atoms with Crippen LogP contribution in [-0.2, 0) is 0 Å². The quantitative estimate of drug-likeness (QED) is 0.763. The third-order valence-electron chi connectivity index (χ3n) is 2.12. The number of hydrogen-bond acceptors (Lipinski definition) is 4. The molecule has 1 rings (SSSR count). The van der Waals surface area contributed by atoms with Crippen LogP contribution in [0.1, 0.15) is 18.1 Å². The second kappa shape index (κ2) is 5.76. The molecule has 0 aliphatic carbocycles. The van der Waals surface area contributed by atoms with E-state index in [2.05, 4.69) is 0 Å². The molecule has 80 valence electrons. The van der Waals surface area contributed by atoms with Gasteiger partial charge in [0.05, 0.1) is 18.6 Å². The monoisotopic (exact) mass is 223 g/mol. The van der Waals surface area contributed by atoms with Gasteiger partial charge in [-0.15, -0.1) is 11.8 Å². The first kappa shape index (κ1) is 12.1. The fourth-order valence-electron chi connectivity index (χ4n) is 1.23. The summed E-state index contributed by atoms with van der Waals surface area (Å²) in [5.74, 6) is 0. The zero-order chi connectivity index (χ0) is 11.3. The first-order valence-electron chi connectivity index (χ1n) is 4.56. The van der Waals surface area contributed by atoms with E-state index < -0.39 is 12.2 Å². The highest BCUT2D eigenvalue weighted by atomic mass is 32.2. The molecule has 2 unspecified atom stereocenters. The fraction of sp³-hybridized carbons (Fsp3) is 0.364. The Bertz CT molecular complexity index is 345. The van der Waals surface area contributed by atoms with E-state index in [1.54, 1.807) is 23.9 Å². The van der Waals surface area contributed by atoms with Crippen LogP contribution in [0.4, 0.5) is 0 Å². The van der Waals surface area contributed by atoms with E-state index in [4.69, 9.17) is 5.26 Å². The summed E-state index contributed by atoms with van der Waals surface area (Å²) in [6, 6.07) is 9.10. The van der Waals surface area contributed by atoms with E-state index in [1.165, 1.54) is 0 Å². The van der Waals surface area contributed by atoms with Crippen LogP contribution in [0.25, 0.3) is 0 Å². The first-order valence-corrected chi connectivity index (χ1v) is 5.78. The molecule has 4 heteroatoms. The fourth-order valence-corrected chi connectivity index (χ4v) is 1.64. The minimum Gasteiger partial charge on any atom is -0.389 e. The summed E-state index contributed by atoms with van der Waals surface area (Å²) in [5, 5.41) is 27.5. The lowest BCUT2D eigenvalue weighted by Gasteiger charge is -2.15. The number of nitrogens with zero attached hydrogens (tertiary/aromatic N) is 1. The molecule has 0 aromatic heterocycles. The molecule has 0 bridgehead atoms. The molecule has 0 spiro atoms. The van der Waals surface area contributed by atoms with Gasteiger partial charge in [-0.2, -0.15) is 5.26 Å². The maximum absolute atomic E-state index is 9.68. The Morgan fingerprint density at radius 1 is 1.33 bits per heavy atom. The largest absolute Gasteiger partial charge is 0.389 e. The summed E-state index contributed by atoms with van der Waals surface area (Å²) < 4.78 is 0. The molecule has 0 saturated carbocycles. The van der Waals surface area contributed by atoms with Crippen LogP contribution in [-0.4, -0.2) is 22.6 Å². The Morgan fingerprint density at radius 3 is 2.40 bits per heavy atom. The molecule has 0 aliphatic rings. The van der Waals surface area contributed by atoms with Crippen LogP contribution in [0.3, 0.4) is 0 Å². The highest BCUT2D eigenvalue weighted by Crippen LogP contribution is 2.22. The predicted molar refractivity (Wildman–Crippen MR) is 59.4 cm³/mol. The summed E-state index contributed by atoms with van der Waals surface area (Å²) in [7, 11) is 0. The topological polar surface area (TPSA) is 64.2 Å². The van der Waals surface area contributed by atoms with Gasteiger partial charge in [0.25, 0.3) is 0 Å². The average Bonchev–Trinajstić information content (AvgIpc) is 2.28. The van der Waals surface area contributed by atoms with E-state index >= 15 is 0 Å². The van der Waals surface area contributed by atoms with Gasteiger partial charge in [0, 0.05) is 4.90 Å². The van der Waals surface area contributed by atoms with Crippen LogP contribution in [0.5, 0.6) is 0 Å². The molecule has 0 saturated heterocycles. The van der Waals surface area contributed by atoms with Crippen molar-refractivity contribution in [1.82, 2.24) is 0 Å². The average molecular weight is 223 g/mol. The number of nitriles is 1. The molecule has 15 heavy (non-hydrogen) atoms. The van der Waals surface area contributed by atoms with Crippen molar-refractivity contribution in [3.63, 3.8) is 0 Å². The van der Waals surface area contributed by atoms with Crippen molar-refractivity contribution in [3.05, 3.63) is 29.8 Å². The van der Waals surface area contributed by atoms with Gasteiger partial charge in [-0.05, 0) is 24.0 Å². The molecule has 2 atom stereocenters. The van der Waals surface area contributed by atoms with Gasteiger partial charge in [-0.1, -0.05) is 12.1 Å². The number of rotatable bonds is 4. The second-order valence-electron chi connectivity index (χ2n) is 3.15. The van der Waals surface area contributed by atoms with Crippen molar-refractivity contribution in [3.8, 4) is 6.07 Å². The van der Waals surface area contributed by atoms with E-state index in [9.17, 15) is 10.2 Å². The van der Waals surface area contributed by atoms with E-state index in [0.717, 1.165) is 4.90 Å². The second-order valence-corrected chi connectivity index (χ2v) is 4.03. The van der Waals surface area contributed by atoms with Crippen molar-refractivity contribution in [2.24, 2.45) is 0 Å². The number of hydrogen-bond donors (Lipinski definition) is 2. The van der Waals surface area contributed by atoms with Crippen molar-refractivity contribution in [1.29, 1.82) is 5.26 Å². The summed E-state index contributed by atoms with van der Waals surface area (Å²) in [6.07, 6.45) is -0.0998. The lowest BCUT2D eigenvalue weighted by molar-refractivity contribution is 0.0216. The Hall–Kier alpha value is -1.02. The molecule has 1 aromatic carbocycles. The van der Waals surface area contributed by atoms with Gasteiger partial charge in [-0.25, -0.2) is 0 Å². The van der Waals surface area contributed by atoms with Crippen molar-refractivity contribution in [2.45, 2.75) is 23.5 Å². The lowest BCUT2D eigenvalue weighted by atomic mass is 10.0. The van der Waals surface area contributed by atoms with Crippen LogP contribution in [0.2, 0.25) is 0 Å². The van der Waals surface area contributed by atoms with Crippen molar-refractivity contribution < 1.29 is 10.2 Å². The number of thioether (sulfide) groups is 1. The standard InChI is InChI=1S/C11H13NO2S/c1-15-9-4-2-8(3-5-9)11(14)10(13)6-7-12/h2-5,10-11,13-14H,6H2,1H3.